The summed E-state index contributed by atoms with van der Waals surface area (Å²) in [6.45, 7) is 0.745. The smallest absolute Gasteiger partial charge is 0.338 e. The maximum absolute atomic E-state index is 13.1. The van der Waals surface area contributed by atoms with Crippen molar-refractivity contribution in [2.75, 3.05) is 7.11 Å². The number of benzene rings is 5. The fraction of sp³-hybridized carbons (Fsp3) is 0.317. The number of aryl methyl sites for hydroxylation is 4. The maximum Gasteiger partial charge on any atom is 0.338 e. The summed E-state index contributed by atoms with van der Waals surface area (Å²) in [5.74, 6) is 1.46. The van der Waals surface area contributed by atoms with Crippen LogP contribution in [0.3, 0.4) is 0 Å². The number of rotatable bonds is 21. The van der Waals surface area contributed by atoms with E-state index in [1.807, 2.05) is 61.2 Å². The molecule has 0 saturated heterocycles. The number of para-hydroxylation sites is 2. The summed E-state index contributed by atoms with van der Waals surface area (Å²) < 4.78 is 31.5. The lowest BCUT2D eigenvalue weighted by Gasteiger charge is -2.22. The number of carbonyl (C=O) groups excluding carboxylic acids is 1. The van der Waals surface area contributed by atoms with Crippen LogP contribution in [0.4, 0.5) is 0 Å². The third kappa shape index (κ3) is 10.4. The zero-order valence-corrected chi connectivity index (χ0v) is 40.9. The first-order valence-electron chi connectivity index (χ1n) is 24.7. The number of aromatic nitrogens is 2. The Bertz CT molecular complexity index is 3050. The predicted octanol–water partition coefficient (Wildman–Crippen LogP) is 14.0. The summed E-state index contributed by atoms with van der Waals surface area (Å²) in [5, 5.41) is 1.34. The molecule has 4 aliphatic rings. The molecule has 7 aromatic rings. The normalized spacial score (nSPS) is 16.4. The molecule has 10 heteroatoms. The fourth-order valence-electron chi connectivity index (χ4n) is 9.62. The van der Waals surface area contributed by atoms with Crippen LogP contribution in [0.5, 0.6) is 11.5 Å². The molecule has 0 spiro atoms. The molecule has 0 aliphatic heterocycles. The number of pyridine rings is 2. The van der Waals surface area contributed by atoms with Gasteiger partial charge in [0.25, 0.3) is 0 Å². The van der Waals surface area contributed by atoms with E-state index in [1.165, 1.54) is 7.11 Å². The summed E-state index contributed by atoms with van der Waals surface area (Å²) in [6.07, 6.45) is 19.1. The maximum atomic E-state index is 13.1. The van der Waals surface area contributed by atoms with Crippen molar-refractivity contribution in [3.8, 4) is 33.8 Å². The van der Waals surface area contributed by atoms with Crippen molar-refractivity contribution in [3.05, 3.63) is 200 Å². The van der Waals surface area contributed by atoms with Crippen LogP contribution >= 0.6 is 23.2 Å². The zero-order valence-electron chi connectivity index (χ0n) is 39.4. The predicted molar refractivity (Wildman–Crippen MR) is 274 cm³/mol. The first kappa shape index (κ1) is 46.4. The number of esters is 1. The molecule has 70 heavy (non-hydrogen) atoms. The lowest BCUT2D eigenvalue weighted by Crippen LogP contribution is -2.14. The quantitative estimate of drug-likeness (QED) is 0.0658. The van der Waals surface area contributed by atoms with E-state index in [2.05, 4.69) is 88.8 Å². The number of methoxy groups -OCH3 is 1. The fourth-order valence-corrected chi connectivity index (χ4v) is 9.96. The Morgan fingerprint density at radius 2 is 0.986 bits per heavy atom. The van der Waals surface area contributed by atoms with Crippen molar-refractivity contribution in [3.63, 3.8) is 0 Å². The van der Waals surface area contributed by atoms with E-state index in [4.69, 9.17) is 46.9 Å². The van der Waals surface area contributed by atoms with Gasteiger partial charge in [-0.3, -0.25) is 9.97 Å². The van der Waals surface area contributed by atoms with E-state index in [0.29, 0.717) is 53.9 Å². The monoisotopic (exact) mass is 970 g/mol. The molecule has 11 rings (SSSR count). The molecule has 4 aliphatic carbocycles. The Labute approximate surface area is 420 Å². The Morgan fingerprint density at radius 3 is 1.44 bits per heavy atom. The molecule has 2 heterocycles. The highest BCUT2D eigenvalue weighted by Crippen LogP contribution is 2.55. The van der Waals surface area contributed by atoms with E-state index in [0.717, 1.165) is 142 Å². The molecule has 4 saturated carbocycles. The molecule has 0 unspecified atom stereocenters. The lowest BCUT2D eigenvalue weighted by molar-refractivity contribution is 0.0172. The minimum Gasteiger partial charge on any atom is -0.490 e. The molecule has 0 bridgehead atoms. The summed E-state index contributed by atoms with van der Waals surface area (Å²) in [4.78, 5) is 22.1. The molecule has 8 nitrogen and oxygen atoms in total. The second kappa shape index (κ2) is 20.0. The van der Waals surface area contributed by atoms with Crippen molar-refractivity contribution in [1.29, 1.82) is 0 Å². The van der Waals surface area contributed by atoms with Crippen molar-refractivity contribution >= 4 is 29.2 Å². The minimum atomic E-state index is -0.449. The van der Waals surface area contributed by atoms with Crippen molar-refractivity contribution in [2.45, 2.75) is 114 Å². The molecule has 0 radical (unpaired) electrons. The van der Waals surface area contributed by atoms with Gasteiger partial charge in [-0.2, -0.15) is 0 Å². The summed E-state index contributed by atoms with van der Waals surface area (Å²) in [6, 6.07) is 39.1. The number of nitrogens with zero attached hydrogens (tertiary/aromatic N) is 2. The first-order valence-corrected chi connectivity index (χ1v) is 25.5. The molecular weight excluding hydrogens is 916 g/mol. The second-order valence-corrected chi connectivity index (χ2v) is 20.2. The second-order valence-electron chi connectivity index (χ2n) is 19.4. The van der Waals surface area contributed by atoms with Crippen molar-refractivity contribution in [2.24, 2.45) is 0 Å². The molecule has 5 aromatic carbocycles. The molecule has 356 valence electrons. The third-order valence-electron chi connectivity index (χ3n) is 14.2. The molecular formula is C60H56Cl2N2O6. The highest BCUT2D eigenvalue weighted by Gasteiger charge is 2.49. The standard InChI is InChI=1S/C60H56Cl2N2O6/c1-66-58(65)47-21-13-39(10-11-40-14-22-54(61)43(33-40)37-67-59(26-27-59)52-35-63-30-24-48(52)50-6-2-4-8-56(50)69-45-17-18-45)32-42(47)16-12-41-15-23-55(62)44(34-41)38-68-60(28-29-60)53-36-64-31-25-49(53)51-7-3-5-9-57(51)70-46-19-20-46/h2-9,13-15,21-25,30-36,45-46H,10-12,16-20,26-29,37-38H2,1H3. The van der Waals surface area contributed by atoms with Crippen LogP contribution in [0.1, 0.15) is 106 Å². The van der Waals surface area contributed by atoms with Crippen molar-refractivity contribution < 1.29 is 28.5 Å². The topological polar surface area (TPSA) is 89.0 Å². The number of carbonyl (C=O) groups is 1. The van der Waals surface area contributed by atoms with Gasteiger partial charge in [-0.25, -0.2) is 4.79 Å². The zero-order chi connectivity index (χ0) is 47.7. The van der Waals surface area contributed by atoms with Gasteiger partial charge >= 0.3 is 5.97 Å². The van der Waals surface area contributed by atoms with Crippen LogP contribution in [0, 0.1) is 0 Å². The van der Waals surface area contributed by atoms with Gasteiger partial charge in [0.05, 0.1) is 49.3 Å². The molecule has 2 aromatic heterocycles. The van der Waals surface area contributed by atoms with E-state index in [-0.39, 0.29) is 5.97 Å². The highest BCUT2D eigenvalue weighted by molar-refractivity contribution is 6.31. The van der Waals surface area contributed by atoms with Gasteiger partial charge in [0.2, 0.25) is 0 Å². The van der Waals surface area contributed by atoms with Crippen LogP contribution in [-0.2, 0) is 64.3 Å². The average molecular weight is 972 g/mol. The van der Waals surface area contributed by atoms with E-state index < -0.39 is 11.2 Å². The van der Waals surface area contributed by atoms with Gasteiger partial charge in [0.15, 0.2) is 0 Å². The van der Waals surface area contributed by atoms with Gasteiger partial charge < -0.3 is 23.7 Å². The van der Waals surface area contributed by atoms with Crippen LogP contribution in [0.2, 0.25) is 10.0 Å². The van der Waals surface area contributed by atoms with Crippen molar-refractivity contribution in [1.82, 2.24) is 9.97 Å². The van der Waals surface area contributed by atoms with E-state index in [1.54, 1.807) is 0 Å². The van der Waals surface area contributed by atoms with Crippen LogP contribution in [0.25, 0.3) is 22.3 Å². The highest BCUT2D eigenvalue weighted by atomic mass is 35.5. The Hall–Kier alpha value is -6.03. The van der Waals surface area contributed by atoms with Gasteiger partial charge in [-0.15, -0.1) is 0 Å². The average Bonchev–Trinajstić information content (AvgIpc) is 4.14. The first-order chi connectivity index (χ1) is 34.3. The van der Waals surface area contributed by atoms with Crippen LogP contribution in [-0.4, -0.2) is 35.3 Å². The number of halogens is 2. The Kier molecular flexibility index (Phi) is 13.2. The van der Waals surface area contributed by atoms with Gasteiger partial charge in [-0.1, -0.05) is 96.0 Å². The summed E-state index contributed by atoms with van der Waals surface area (Å²) in [7, 11) is 1.43. The lowest BCUT2D eigenvalue weighted by atomic mass is 9.94. The SMILES string of the molecule is COC(=O)c1ccc(CCc2ccc(Cl)c(COC3(c4cnccc4-c4ccccc4OC4CC4)CC3)c2)cc1CCc1ccc(Cl)c(COC2(c3cnccc3-c3ccccc3OC3CC3)CC2)c1. The van der Waals surface area contributed by atoms with Crippen LogP contribution in [0.15, 0.2) is 140 Å². The molecule has 0 atom stereocenters. The molecule has 0 amide bonds. The van der Waals surface area contributed by atoms with Gasteiger partial charge in [-0.05, 0) is 164 Å². The largest absolute Gasteiger partial charge is 0.490 e. The van der Waals surface area contributed by atoms with Gasteiger partial charge in [0.1, 0.15) is 11.5 Å². The summed E-state index contributed by atoms with van der Waals surface area (Å²) >= 11 is 13.7. The summed E-state index contributed by atoms with van der Waals surface area (Å²) in [5.41, 5.74) is 12.4. The van der Waals surface area contributed by atoms with E-state index >= 15 is 0 Å². The number of hydrogen-bond acceptors (Lipinski definition) is 8. The number of hydrogen-bond donors (Lipinski definition) is 0. The Balaban J connectivity index is 0.745. The minimum absolute atomic E-state index is 0.293. The number of ether oxygens (including phenoxy) is 5. The molecule has 0 N–H and O–H groups in total. The van der Waals surface area contributed by atoms with E-state index in [9.17, 15) is 4.79 Å². The van der Waals surface area contributed by atoms with Crippen LogP contribution < -0.4 is 9.47 Å². The third-order valence-corrected chi connectivity index (χ3v) is 14.9. The Morgan fingerprint density at radius 1 is 0.543 bits per heavy atom. The van der Waals surface area contributed by atoms with Gasteiger partial charge in [0, 0.05) is 57.1 Å². The molecule has 4 fully saturated rings.